The van der Waals surface area contributed by atoms with Gasteiger partial charge in [0.05, 0.1) is 0 Å². The van der Waals surface area contributed by atoms with Crippen molar-refractivity contribution in [2.45, 2.75) is 284 Å². The van der Waals surface area contributed by atoms with Gasteiger partial charge in [0.1, 0.15) is 13.2 Å². The van der Waals surface area contributed by atoms with Crippen LogP contribution in [0.2, 0.25) is 0 Å². The van der Waals surface area contributed by atoms with Gasteiger partial charge in [-0.3, -0.25) is 14.4 Å². The summed E-state index contributed by atoms with van der Waals surface area (Å²) in [5, 5.41) is 0. The van der Waals surface area contributed by atoms with Gasteiger partial charge in [0.15, 0.2) is 6.10 Å². The molecule has 0 saturated heterocycles. The number of esters is 3. The molecule has 0 fully saturated rings. The van der Waals surface area contributed by atoms with Crippen LogP contribution in [0.15, 0.2) is 85.1 Å². The Labute approximate surface area is 426 Å². The van der Waals surface area contributed by atoms with Crippen LogP contribution in [0.25, 0.3) is 0 Å². The maximum atomic E-state index is 12.9. The zero-order valence-corrected chi connectivity index (χ0v) is 45.3. The SMILES string of the molecule is CC/C=C\C/C=C\C/C=C\C/C=C\C/C=C\CCCCCC(=O)OC[C@H](COC(=O)CCCCCCC/C=C\C/C=C\CCCCC)OC(=O)CCCCCCCCCCCCCCCCCCC. The van der Waals surface area contributed by atoms with Gasteiger partial charge in [-0.1, -0.05) is 247 Å². The normalized spacial score (nSPS) is 12.7. The van der Waals surface area contributed by atoms with Gasteiger partial charge in [-0.05, 0) is 96.3 Å². The van der Waals surface area contributed by atoms with Crippen LogP contribution in [0.1, 0.15) is 278 Å². The van der Waals surface area contributed by atoms with Crippen LogP contribution in [-0.4, -0.2) is 37.2 Å². The fourth-order valence-corrected chi connectivity index (χ4v) is 8.03. The van der Waals surface area contributed by atoms with Gasteiger partial charge < -0.3 is 14.2 Å². The lowest BCUT2D eigenvalue weighted by atomic mass is 10.0. The van der Waals surface area contributed by atoms with Crippen molar-refractivity contribution in [2.24, 2.45) is 0 Å². The molecule has 0 aliphatic carbocycles. The zero-order valence-electron chi connectivity index (χ0n) is 45.3. The molecule has 0 heterocycles. The average molecular weight is 962 g/mol. The van der Waals surface area contributed by atoms with E-state index in [1.54, 1.807) is 0 Å². The molecular weight excluding hydrogens is 853 g/mol. The summed E-state index contributed by atoms with van der Waals surface area (Å²) in [6, 6.07) is 0. The topological polar surface area (TPSA) is 78.9 Å². The van der Waals surface area contributed by atoms with Crippen LogP contribution in [0, 0.1) is 0 Å². The number of carbonyl (C=O) groups excluding carboxylic acids is 3. The first-order chi connectivity index (χ1) is 34.0. The lowest BCUT2D eigenvalue weighted by Gasteiger charge is -2.18. The van der Waals surface area contributed by atoms with E-state index in [1.165, 1.54) is 116 Å². The quantitative estimate of drug-likeness (QED) is 0.0262. The van der Waals surface area contributed by atoms with Crippen molar-refractivity contribution in [3.8, 4) is 0 Å². The van der Waals surface area contributed by atoms with E-state index in [4.69, 9.17) is 14.2 Å². The molecule has 0 aromatic carbocycles. The largest absolute Gasteiger partial charge is 0.462 e. The fourth-order valence-electron chi connectivity index (χ4n) is 8.03. The molecule has 0 rings (SSSR count). The van der Waals surface area contributed by atoms with E-state index in [1.807, 2.05) is 0 Å². The monoisotopic (exact) mass is 961 g/mol. The molecular formula is C63H108O6. The number of hydrogen-bond donors (Lipinski definition) is 0. The summed E-state index contributed by atoms with van der Waals surface area (Å²) in [5.41, 5.74) is 0. The fraction of sp³-hybridized carbons (Fsp3) is 0.730. The van der Waals surface area contributed by atoms with E-state index in [9.17, 15) is 14.4 Å². The third-order valence-electron chi connectivity index (χ3n) is 12.4. The molecule has 0 radical (unpaired) electrons. The third-order valence-corrected chi connectivity index (χ3v) is 12.4. The second kappa shape index (κ2) is 57.2. The molecule has 0 bridgehead atoms. The van der Waals surface area contributed by atoms with Gasteiger partial charge in [-0.25, -0.2) is 0 Å². The highest BCUT2D eigenvalue weighted by Crippen LogP contribution is 2.16. The summed E-state index contributed by atoms with van der Waals surface area (Å²) in [5.74, 6) is -0.930. The van der Waals surface area contributed by atoms with Gasteiger partial charge >= 0.3 is 17.9 Å². The van der Waals surface area contributed by atoms with E-state index >= 15 is 0 Å². The number of allylic oxidation sites excluding steroid dienone is 14. The van der Waals surface area contributed by atoms with Crippen molar-refractivity contribution < 1.29 is 28.6 Å². The van der Waals surface area contributed by atoms with Gasteiger partial charge in [0.2, 0.25) is 0 Å². The van der Waals surface area contributed by atoms with E-state index in [0.717, 1.165) is 122 Å². The summed E-state index contributed by atoms with van der Waals surface area (Å²) in [6.07, 6.45) is 74.3. The Morgan fingerprint density at radius 3 is 0.928 bits per heavy atom. The number of rotatable bonds is 52. The van der Waals surface area contributed by atoms with Crippen LogP contribution >= 0.6 is 0 Å². The van der Waals surface area contributed by atoms with Crippen molar-refractivity contribution in [3.63, 3.8) is 0 Å². The number of unbranched alkanes of at least 4 members (excludes halogenated alkanes) is 27. The lowest BCUT2D eigenvalue weighted by Crippen LogP contribution is -2.30. The predicted octanol–water partition coefficient (Wildman–Crippen LogP) is 19.5. The molecule has 0 saturated carbocycles. The predicted molar refractivity (Wildman–Crippen MR) is 297 cm³/mol. The molecule has 69 heavy (non-hydrogen) atoms. The highest BCUT2D eigenvalue weighted by atomic mass is 16.6. The first kappa shape index (κ1) is 65.6. The van der Waals surface area contributed by atoms with Crippen molar-refractivity contribution in [1.82, 2.24) is 0 Å². The Hall–Kier alpha value is -3.41. The lowest BCUT2D eigenvalue weighted by molar-refractivity contribution is -0.167. The molecule has 0 aliphatic heterocycles. The van der Waals surface area contributed by atoms with Crippen LogP contribution in [0.3, 0.4) is 0 Å². The van der Waals surface area contributed by atoms with Crippen molar-refractivity contribution >= 4 is 17.9 Å². The second-order valence-electron chi connectivity index (χ2n) is 19.2. The van der Waals surface area contributed by atoms with Crippen molar-refractivity contribution in [3.05, 3.63) is 85.1 Å². The summed E-state index contributed by atoms with van der Waals surface area (Å²) in [4.78, 5) is 38.2. The Balaban J connectivity index is 4.45. The summed E-state index contributed by atoms with van der Waals surface area (Å²) in [7, 11) is 0. The zero-order chi connectivity index (χ0) is 50.0. The van der Waals surface area contributed by atoms with Crippen molar-refractivity contribution in [1.29, 1.82) is 0 Å². The van der Waals surface area contributed by atoms with Crippen molar-refractivity contribution in [2.75, 3.05) is 13.2 Å². The second-order valence-corrected chi connectivity index (χ2v) is 19.2. The van der Waals surface area contributed by atoms with Crippen LogP contribution < -0.4 is 0 Å². The van der Waals surface area contributed by atoms with Gasteiger partial charge in [0, 0.05) is 19.3 Å². The molecule has 1 atom stereocenters. The molecule has 0 N–H and O–H groups in total. The number of carbonyl (C=O) groups is 3. The highest BCUT2D eigenvalue weighted by Gasteiger charge is 2.19. The summed E-state index contributed by atoms with van der Waals surface area (Å²) >= 11 is 0. The molecule has 0 aliphatic rings. The van der Waals surface area contributed by atoms with E-state index < -0.39 is 6.10 Å². The maximum Gasteiger partial charge on any atom is 0.306 e. The number of ether oxygens (including phenoxy) is 3. The minimum atomic E-state index is -0.795. The third kappa shape index (κ3) is 55.4. The smallest absolute Gasteiger partial charge is 0.306 e. The molecule has 0 aromatic heterocycles. The summed E-state index contributed by atoms with van der Waals surface area (Å²) < 4.78 is 16.8. The Morgan fingerprint density at radius 2 is 0.565 bits per heavy atom. The Bertz CT molecular complexity index is 1330. The molecule has 6 nitrogen and oxygen atoms in total. The minimum absolute atomic E-state index is 0.0928. The van der Waals surface area contributed by atoms with E-state index in [0.29, 0.717) is 19.3 Å². The van der Waals surface area contributed by atoms with E-state index in [2.05, 4.69) is 106 Å². The molecule has 0 unspecified atom stereocenters. The maximum absolute atomic E-state index is 12.9. The molecule has 6 heteroatoms. The van der Waals surface area contributed by atoms with Gasteiger partial charge in [-0.2, -0.15) is 0 Å². The first-order valence-corrected chi connectivity index (χ1v) is 29.1. The number of hydrogen-bond acceptors (Lipinski definition) is 6. The standard InChI is InChI=1S/C63H108O6/c1-4-7-10-13-16-19-22-25-28-30-31-33-35-38-41-44-47-50-53-56-62(65)68-59-60(58-67-61(64)55-52-49-46-43-40-37-34-27-24-21-18-15-12-9-6-3)69-63(66)57-54-51-48-45-42-39-36-32-29-26-23-20-17-14-11-8-5-2/h7,10,16,18-19,21,25,27-28,31,33-34,38,41,60H,4-6,8-9,11-15,17,20,22-24,26,29-30,32,35-37,39-40,42-59H2,1-3H3/b10-7-,19-16-,21-18-,28-25-,33-31-,34-27-,41-38-/t60-/m0/s1. The average Bonchev–Trinajstić information content (AvgIpc) is 3.35. The molecule has 0 aromatic rings. The molecule has 0 amide bonds. The highest BCUT2D eigenvalue weighted by molar-refractivity contribution is 5.71. The molecule has 396 valence electrons. The van der Waals surface area contributed by atoms with E-state index in [-0.39, 0.29) is 31.1 Å². The van der Waals surface area contributed by atoms with Gasteiger partial charge in [0.25, 0.3) is 0 Å². The minimum Gasteiger partial charge on any atom is -0.462 e. The first-order valence-electron chi connectivity index (χ1n) is 29.1. The molecule has 0 spiro atoms. The Morgan fingerprint density at radius 1 is 0.304 bits per heavy atom. The van der Waals surface area contributed by atoms with Crippen LogP contribution in [-0.2, 0) is 28.6 Å². The van der Waals surface area contributed by atoms with Crippen LogP contribution in [0.5, 0.6) is 0 Å². The Kier molecular flexibility index (Phi) is 54.3. The summed E-state index contributed by atoms with van der Waals surface area (Å²) in [6.45, 7) is 6.48. The van der Waals surface area contributed by atoms with Gasteiger partial charge in [-0.15, -0.1) is 0 Å². The van der Waals surface area contributed by atoms with Crippen LogP contribution in [0.4, 0.5) is 0 Å².